The molecule has 0 saturated heterocycles. The van der Waals surface area contributed by atoms with Gasteiger partial charge in [-0.3, -0.25) is 0 Å². The number of urea groups is 1. The molecule has 0 bridgehead atoms. The van der Waals surface area contributed by atoms with Crippen molar-refractivity contribution < 1.29 is 14.7 Å². The molecular weight excluding hydrogens is 232 g/mol. The third-order valence-corrected chi connectivity index (χ3v) is 3.33. The fourth-order valence-corrected chi connectivity index (χ4v) is 2.02. The minimum Gasteiger partial charge on any atom is -0.480 e. The largest absolute Gasteiger partial charge is 0.480 e. The number of carbonyl (C=O) groups excluding carboxylic acids is 1. The molecule has 106 valence electrons. The third kappa shape index (κ3) is 5.38. The van der Waals surface area contributed by atoms with Crippen molar-refractivity contribution in [1.82, 2.24) is 10.6 Å². The lowest BCUT2D eigenvalue weighted by Crippen LogP contribution is -2.51. The van der Waals surface area contributed by atoms with Gasteiger partial charge in [0.1, 0.15) is 6.04 Å². The second kappa shape index (κ2) is 7.95. The predicted molar refractivity (Wildman–Crippen MR) is 71.5 cm³/mol. The fraction of sp³-hybridized carbons (Fsp3) is 0.846. The number of hydrogen-bond donors (Lipinski definition) is 3. The molecule has 0 fully saturated rings. The molecule has 5 nitrogen and oxygen atoms in total. The van der Waals surface area contributed by atoms with E-state index in [0.29, 0.717) is 5.92 Å². The zero-order chi connectivity index (χ0) is 14.3. The molecule has 0 rings (SSSR count). The van der Waals surface area contributed by atoms with Crippen molar-refractivity contribution in [2.75, 3.05) is 0 Å². The van der Waals surface area contributed by atoms with Crippen molar-refractivity contribution in [2.24, 2.45) is 11.8 Å². The Morgan fingerprint density at radius 1 is 1.06 bits per heavy atom. The number of carboxylic acid groups (broad SMARTS) is 1. The number of aliphatic carboxylic acids is 1. The molecule has 2 atom stereocenters. The van der Waals surface area contributed by atoms with Crippen LogP contribution in [0.15, 0.2) is 0 Å². The van der Waals surface area contributed by atoms with Crippen molar-refractivity contribution in [3.8, 4) is 0 Å². The van der Waals surface area contributed by atoms with Gasteiger partial charge >= 0.3 is 12.0 Å². The highest BCUT2D eigenvalue weighted by Crippen LogP contribution is 2.12. The molecule has 0 aliphatic rings. The SMILES string of the molecule is CCC(CC)C(C)NC(=O)NC(C(=O)O)C(C)C. The second-order valence-corrected chi connectivity index (χ2v) is 5.04. The summed E-state index contributed by atoms with van der Waals surface area (Å²) in [6.07, 6.45) is 1.98. The first-order chi connectivity index (χ1) is 8.33. The Kier molecular flexibility index (Phi) is 7.39. The minimum atomic E-state index is -1.00. The zero-order valence-electron chi connectivity index (χ0n) is 12.0. The summed E-state index contributed by atoms with van der Waals surface area (Å²) in [4.78, 5) is 22.7. The molecular formula is C13H26N2O3. The summed E-state index contributed by atoms with van der Waals surface area (Å²) in [7, 11) is 0. The summed E-state index contributed by atoms with van der Waals surface area (Å²) in [6.45, 7) is 9.64. The first kappa shape index (κ1) is 16.7. The molecule has 0 aromatic rings. The number of rotatable bonds is 7. The van der Waals surface area contributed by atoms with Crippen molar-refractivity contribution in [1.29, 1.82) is 0 Å². The van der Waals surface area contributed by atoms with Crippen LogP contribution in [0.4, 0.5) is 4.79 Å². The summed E-state index contributed by atoms with van der Waals surface area (Å²) >= 11 is 0. The van der Waals surface area contributed by atoms with E-state index < -0.39 is 18.0 Å². The highest BCUT2D eigenvalue weighted by molar-refractivity contribution is 5.82. The van der Waals surface area contributed by atoms with Crippen molar-refractivity contribution >= 4 is 12.0 Å². The number of carbonyl (C=O) groups is 2. The van der Waals surface area contributed by atoms with E-state index in [2.05, 4.69) is 24.5 Å². The van der Waals surface area contributed by atoms with Gasteiger partial charge in [-0.25, -0.2) is 9.59 Å². The minimum absolute atomic E-state index is 0.0432. The van der Waals surface area contributed by atoms with Crippen LogP contribution in [0.5, 0.6) is 0 Å². The van der Waals surface area contributed by atoms with Gasteiger partial charge in [-0.15, -0.1) is 0 Å². The summed E-state index contributed by atoms with van der Waals surface area (Å²) in [5.74, 6) is -0.731. The third-order valence-electron chi connectivity index (χ3n) is 3.33. The maximum atomic E-state index is 11.7. The van der Waals surface area contributed by atoms with Gasteiger partial charge in [0.2, 0.25) is 0 Å². The molecule has 2 unspecified atom stereocenters. The van der Waals surface area contributed by atoms with Crippen LogP contribution >= 0.6 is 0 Å². The number of carboxylic acids is 1. The van der Waals surface area contributed by atoms with Gasteiger partial charge < -0.3 is 15.7 Å². The normalized spacial score (nSPS) is 14.4. The van der Waals surface area contributed by atoms with E-state index in [9.17, 15) is 9.59 Å². The van der Waals surface area contributed by atoms with Crippen molar-refractivity contribution in [3.05, 3.63) is 0 Å². The monoisotopic (exact) mass is 258 g/mol. The molecule has 3 N–H and O–H groups in total. The van der Waals surface area contributed by atoms with Crippen LogP contribution in [-0.4, -0.2) is 29.2 Å². The van der Waals surface area contributed by atoms with Crippen LogP contribution in [0, 0.1) is 11.8 Å². The van der Waals surface area contributed by atoms with Crippen LogP contribution in [0.1, 0.15) is 47.5 Å². The maximum absolute atomic E-state index is 11.7. The summed E-state index contributed by atoms with van der Waals surface area (Å²) in [6, 6.07) is -1.21. The Hall–Kier alpha value is -1.26. The Balaban J connectivity index is 4.36. The molecule has 0 saturated carbocycles. The highest BCUT2D eigenvalue weighted by atomic mass is 16.4. The standard InChI is InChI=1S/C13H26N2O3/c1-6-10(7-2)9(5)14-13(18)15-11(8(3)4)12(16)17/h8-11H,6-7H2,1-5H3,(H,16,17)(H2,14,15,18). The molecule has 0 aromatic carbocycles. The van der Waals surface area contributed by atoms with Gasteiger partial charge in [-0.05, 0) is 18.8 Å². The first-order valence-corrected chi connectivity index (χ1v) is 6.63. The van der Waals surface area contributed by atoms with E-state index in [1.807, 2.05) is 6.92 Å². The Labute approximate surface area is 109 Å². The fourth-order valence-electron chi connectivity index (χ4n) is 2.02. The lowest BCUT2D eigenvalue weighted by atomic mass is 9.96. The molecule has 5 heteroatoms. The molecule has 0 spiro atoms. The van der Waals surface area contributed by atoms with Crippen LogP contribution in [0.25, 0.3) is 0 Å². The lowest BCUT2D eigenvalue weighted by Gasteiger charge is -2.24. The number of nitrogens with one attached hydrogen (secondary N) is 2. The topological polar surface area (TPSA) is 78.4 Å². The molecule has 2 amide bonds. The quantitative estimate of drug-likeness (QED) is 0.655. The predicted octanol–water partition coefficient (Wildman–Crippen LogP) is 2.22. The molecule has 0 aliphatic carbocycles. The molecule has 18 heavy (non-hydrogen) atoms. The van der Waals surface area contributed by atoms with Gasteiger partial charge in [-0.2, -0.15) is 0 Å². The maximum Gasteiger partial charge on any atom is 0.326 e. The smallest absolute Gasteiger partial charge is 0.326 e. The second-order valence-electron chi connectivity index (χ2n) is 5.04. The number of amides is 2. The van der Waals surface area contributed by atoms with Crippen molar-refractivity contribution in [3.63, 3.8) is 0 Å². The average Bonchev–Trinajstić information content (AvgIpc) is 2.26. The highest BCUT2D eigenvalue weighted by Gasteiger charge is 2.24. The number of hydrogen-bond acceptors (Lipinski definition) is 2. The van der Waals surface area contributed by atoms with E-state index in [-0.39, 0.29) is 12.0 Å². The van der Waals surface area contributed by atoms with E-state index in [1.54, 1.807) is 13.8 Å². The zero-order valence-corrected chi connectivity index (χ0v) is 12.0. The van der Waals surface area contributed by atoms with Gasteiger partial charge in [-0.1, -0.05) is 40.5 Å². The van der Waals surface area contributed by atoms with Gasteiger partial charge in [0.05, 0.1) is 0 Å². The Bertz CT molecular complexity index is 275. The first-order valence-electron chi connectivity index (χ1n) is 6.63. The van der Waals surface area contributed by atoms with Crippen LogP contribution in [-0.2, 0) is 4.79 Å². The van der Waals surface area contributed by atoms with Gasteiger partial charge in [0.25, 0.3) is 0 Å². The van der Waals surface area contributed by atoms with E-state index in [4.69, 9.17) is 5.11 Å². The summed E-state index contributed by atoms with van der Waals surface area (Å²) in [5, 5.41) is 14.3. The molecule has 0 heterocycles. The summed E-state index contributed by atoms with van der Waals surface area (Å²) in [5.41, 5.74) is 0. The average molecular weight is 258 g/mol. The van der Waals surface area contributed by atoms with Crippen LogP contribution in [0.3, 0.4) is 0 Å². The summed E-state index contributed by atoms with van der Waals surface area (Å²) < 4.78 is 0. The molecule has 0 aliphatic heterocycles. The Morgan fingerprint density at radius 3 is 1.89 bits per heavy atom. The van der Waals surface area contributed by atoms with Crippen LogP contribution in [0.2, 0.25) is 0 Å². The molecule has 0 radical (unpaired) electrons. The molecule has 0 aromatic heterocycles. The van der Waals surface area contributed by atoms with Gasteiger partial charge in [0, 0.05) is 6.04 Å². The Morgan fingerprint density at radius 2 is 1.56 bits per heavy atom. The van der Waals surface area contributed by atoms with Crippen molar-refractivity contribution in [2.45, 2.75) is 59.5 Å². The van der Waals surface area contributed by atoms with Gasteiger partial charge in [0.15, 0.2) is 0 Å². The van der Waals surface area contributed by atoms with Crippen LogP contribution < -0.4 is 10.6 Å². The van der Waals surface area contributed by atoms with E-state index in [1.165, 1.54) is 0 Å². The van der Waals surface area contributed by atoms with E-state index >= 15 is 0 Å². The van der Waals surface area contributed by atoms with E-state index in [0.717, 1.165) is 12.8 Å². The lowest BCUT2D eigenvalue weighted by molar-refractivity contribution is -0.140.